The number of hydrogen-bond acceptors (Lipinski definition) is 3. The molecule has 1 aromatic heterocycles. The van der Waals surface area contributed by atoms with E-state index in [0.29, 0.717) is 12.2 Å². The third-order valence-corrected chi connectivity index (χ3v) is 3.84. The average Bonchev–Trinajstić information content (AvgIpc) is 2.56. The number of pyridine rings is 1. The maximum absolute atomic E-state index is 12.3. The molecule has 0 fully saturated rings. The van der Waals surface area contributed by atoms with Gasteiger partial charge in [0.15, 0.2) is 0 Å². The summed E-state index contributed by atoms with van der Waals surface area (Å²) in [5.41, 5.74) is 1.84. The Morgan fingerprint density at radius 3 is 2.42 bits per heavy atom. The van der Waals surface area contributed by atoms with Gasteiger partial charge in [-0.2, -0.15) is 0 Å². The number of anilines is 1. The molecule has 0 saturated carbocycles. The van der Waals surface area contributed by atoms with Crippen LogP contribution in [0.25, 0.3) is 0 Å². The van der Waals surface area contributed by atoms with Crippen LogP contribution in [0.5, 0.6) is 0 Å². The van der Waals surface area contributed by atoms with E-state index in [9.17, 15) is 9.59 Å². The summed E-state index contributed by atoms with van der Waals surface area (Å²) < 4.78 is 0.994. The normalized spacial score (nSPS) is 10.2. The van der Waals surface area contributed by atoms with Crippen LogP contribution < -0.4 is 5.32 Å². The van der Waals surface area contributed by atoms with E-state index in [1.54, 1.807) is 38.2 Å². The Morgan fingerprint density at radius 2 is 1.79 bits per heavy atom. The molecule has 1 heterocycles. The fourth-order valence-electron chi connectivity index (χ4n) is 2.01. The fourth-order valence-corrected chi connectivity index (χ4v) is 2.27. The number of aromatic nitrogens is 1. The van der Waals surface area contributed by atoms with Crippen LogP contribution in [0.15, 0.2) is 47.1 Å². The Kier molecular flexibility index (Phi) is 5.92. The lowest BCUT2D eigenvalue weighted by Gasteiger charge is -2.18. The van der Waals surface area contributed by atoms with Gasteiger partial charge in [-0.25, -0.2) is 4.79 Å². The van der Waals surface area contributed by atoms with Crippen LogP contribution in [0, 0.1) is 0 Å². The molecule has 0 bridgehead atoms. The van der Waals surface area contributed by atoms with Crippen molar-refractivity contribution in [2.75, 3.05) is 26.5 Å². The molecule has 0 saturated heterocycles. The molecule has 7 heteroatoms. The number of nitrogens with zero attached hydrogens (tertiary/aromatic N) is 3. The van der Waals surface area contributed by atoms with E-state index in [1.165, 1.54) is 11.1 Å². The second-order valence-electron chi connectivity index (χ2n) is 5.54. The van der Waals surface area contributed by atoms with E-state index in [-0.39, 0.29) is 17.6 Å². The van der Waals surface area contributed by atoms with Crippen LogP contribution in [-0.4, -0.2) is 47.9 Å². The summed E-state index contributed by atoms with van der Waals surface area (Å²) in [7, 11) is 5.02. The van der Waals surface area contributed by atoms with E-state index in [1.807, 2.05) is 24.3 Å². The summed E-state index contributed by atoms with van der Waals surface area (Å²) in [6.45, 7) is 0.480. The van der Waals surface area contributed by atoms with Gasteiger partial charge in [0.2, 0.25) is 0 Å². The largest absolute Gasteiger partial charge is 0.343 e. The van der Waals surface area contributed by atoms with Gasteiger partial charge >= 0.3 is 6.03 Å². The molecule has 0 unspecified atom stereocenters. The predicted molar refractivity (Wildman–Crippen MR) is 96.9 cm³/mol. The van der Waals surface area contributed by atoms with Crippen molar-refractivity contribution in [3.8, 4) is 0 Å². The highest BCUT2D eigenvalue weighted by Crippen LogP contribution is 2.13. The van der Waals surface area contributed by atoms with Crippen molar-refractivity contribution >= 4 is 33.6 Å². The summed E-state index contributed by atoms with van der Waals surface area (Å²) in [6, 6.07) is 10.7. The minimum Gasteiger partial charge on any atom is -0.343 e. The SMILES string of the molecule is CN(C)C(=O)c1cc(NC(=O)N(C)Cc2ccc(Br)cc2)ccn1. The first-order valence-corrected chi connectivity index (χ1v) is 8.10. The van der Waals surface area contributed by atoms with Crippen LogP contribution in [0.4, 0.5) is 10.5 Å². The van der Waals surface area contributed by atoms with Gasteiger partial charge in [0.25, 0.3) is 5.91 Å². The van der Waals surface area contributed by atoms with Crippen LogP contribution in [-0.2, 0) is 6.54 Å². The Balaban J connectivity index is 2.02. The first-order valence-electron chi connectivity index (χ1n) is 7.31. The second kappa shape index (κ2) is 7.92. The lowest BCUT2D eigenvalue weighted by atomic mass is 10.2. The Labute approximate surface area is 149 Å². The zero-order valence-electron chi connectivity index (χ0n) is 13.8. The number of rotatable bonds is 4. The average molecular weight is 391 g/mol. The van der Waals surface area contributed by atoms with E-state index >= 15 is 0 Å². The lowest BCUT2D eigenvalue weighted by Crippen LogP contribution is -2.31. The summed E-state index contributed by atoms with van der Waals surface area (Å²) in [5, 5.41) is 2.77. The summed E-state index contributed by atoms with van der Waals surface area (Å²) in [4.78, 5) is 31.2. The second-order valence-corrected chi connectivity index (χ2v) is 6.46. The lowest BCUT2D eigenvalue weighted by molar-refractivity contribution is 0.0822. The van der Waals surface area contributed by atoms with Gasteiger partial charge in [-0.1, -0.05) is 28.1 Å². The molecule has 2 rings (SSSR count). The number of urea groups is 1. The Morgan fingerprint density at radius 1 is 1.12 bits per heavy atom. The molecule has 0 atom stereocenters. The number of halogens is 1. The van der Waals surface area contributed by atoms with Crippen LogP contribution in [0.2, 0.25) is 0 Å². The van der Waals surface area contributed by atoms with Gasteiger partial charge in [0.05, 0.1) is 0 Å². The molecule has 0 spiro atoms. The zero-order chi connectivity index (χ0) is 17.7. The number of carbonyl (C=O) groups is 2. The Hall–Kier alpha value is -2.41. The van der Waals surface area contributed by atoms with E-state index in [0.717, 1.165) is 10.0 Å². The quantitative estimate of drug-likeness (QED) is 0.871. The van der Waals surface area contributed by atoms with Crippen LogP contribution >= 0.6 is 15.9 Å². The van der Waals surface area contributed by atoms with Gasteiger partial charge in [0.1, 0.15) is 5.69 Å². The zero-order valence-corrected chi connectivity index (χ0v) is 15.4. The third kappa shape index (κ3) is 4.79. The highest BCUT2D eigenvalue weighted by molar-refractivity contribution is 9.10. The number of benzene rings is 1. The highest BCUT2D eigenvalue weighted by atomic mass is 79.9. The van der Waals surface area contributed by atoms with E-state index < -0.39 is 0 Å². The minimum atomic E-state index is -0.257. The molecule has 0 aliphatic carbocycles. The molecule has 1 aromatic carbocycles. The maximum Gasteiger partial charge on any atom is 0.321 e. The number of hydrogen-bond donors (Lipinski definition) is 1. The van der Waals surface area contributed by atoms with Crippen molar-refractivity contribution in [2.24, 2.45) is 0 Å². The van der Waals surface area contributed by atoms with Crippen molar-refractivity contribution in [3.63, 3.8) is 0 Å². The molecular weight excluding hydrogens is 372 g/mol. The van der Waals surface area contributed by atoms with Crippen molar-refractivity contribution in [2.45, 2.75) is 6.54 Å². The molecule has 0 aliphatic heterocycles. The minimum absolute atomic E-state index is 0.214. The molecule has 24 heavy (non-hydrogen) atoms. The molecule has 1 N–H and O–H groups in total. The van der Waals surface area contributed by atoms with Crippen LogP contribution in [0.1, 0.15) is 16.1 Å². The molecule has 0 aliphatic rings. The third-order valence-electron chi connectivity index (χ3n) is 3.32. The van der Waals surface area contributed by atoms with Gasteiger partial charge < -0.3 is 15.1 Å². The first kappa shape index (κ1) is 17.9. The van der Waals surface area contributed by atoms with Crippen molar-refractivity contribution in [1.29, 1.82) is 0 Å². The highest BCUT2D eigenvalue weighted by Gasteiger charge is 2.13. The van der Waals surface area contributed by atoms with Crippen molar-refractivity contribution < 1.29 is 9.59 Å². The van der Waals surface area contributed by atoms with Gasteiger partial charge in [-0.3, -0.25) is 9.78 Å². The number of carbonyl (C=O) groups excluding carboxylic acids is 2. The molecule has 6 nitrogen and oxygen atoms in total. The van der Waals surface area contributed by atoms with Crippen molar-refractivity contribution in [1.82, 2.24) is 14.8 Å². The van der Waals surface area contributed by atoms with E-state index in [2.05, 4.69) is 26.2 Å². The maximum atomic E-state index is 12.3. The molecule has 126 valence electrons. The van der Waals surface area contributed by atoms with E-state index in [4.69, 9.17) is 0 Å². The predicted octanol–water partition coefficient (Wildman–Crippen LogP) is 3.21. The van der Waals surface area contributed by atoms with Gasteiger partial charge in [-0.15, -0.1) is 0 Å². The smallest absolute Gasteiger partial charge is 0.321 e. The first-order chi connectivity index (χ1) is 11.4. The number of nitrogens with one attached hydrogen (secondary N) is 1. The van der Waals surface area contributed by atoms with Gasteiger partial charge in [0, 0.05) is 44.0 Å². The summed E-state index contributed by atoms with van der Waals surface area (Å²) in [6.07, 6.45) is 1.50. The summed E-state index contributed by atoms with van der Waals surface area (Å²) >= 11 is 3.38. The fraction of sp³-hybridized carbons (Fsp3) is 0.235. The summed E-state index contributed by atoms with van der Waals surface area (Å²) in [5.74, 6) is -0.214. The number of amides is 3. The topological polar surface area (TPSA) is 65.5 Å². The molecule has 3 amide bonds. The van der Waals surface area contributed by atoms with Gasteiger partial charge in [-0.05, 0) is 29.8 Å². The van der Waals surface area contributed by atoms with Crippen LogP contribution in [0.3, 0.4) is 0 Å². The molecular formula is C17H19BrN4O2. The molecule has 2 aromatic rings. The van der Waals surface area contributed by atoms with Crippen molar-refractivity contribution in [3.05, 3.63) is 58.3 Å². The standard InChI is InChI=1S/C17H19BrN4O2/c1-21(2)16(23)15-10-14(8-9-19-15)20-17(24)22(3)11-12-4-6-13(18)7-5-12/h4-10H,11H2,1-3H3,(H,19,20,24). The molecule has 0 radical (unpaired) electrons. The monoisotopic (exact) mass is 390 g/mol. The Bertz CT molecular complexity index is 732.